The number of halogens is 3. The zero-order valence-electron chi connectivity index (χ0n) is 8.78. The van der Waals surface area contributed by atoms with E-state index in [1.807, 2.05) is 0 Å². The molecule has 0 aromatic heterocycles. The third-order valence-electron chi connectivity index (χ3n) is 2.21. The van der Waals surface area contributed by atoms with Crippen LogP contribution in [0, 0.1) is 11.3 Å². The van der Waals surface area contributed by atoms with Gasteiger partial charge < -0.3 is 5.11 Å². The molecule has 3 nitrogen and oxygen atoms in total. The van der Waals surface area contributed by atoms with Gasteiger partial charge in [-0.3, -0.25) is 5.32 Å². The van der Waals surface area contributed by atoms with Crippen LogP contribution in [0.3, 0.4) is 0 Å². The molecule has 0 saturated heterocycles. The smallest absolute Gasteiger partial charge is 0.394 e. The van der Waals surface area contributed by atoms with Crippen LogP contribution in [-0.2, 0) is 0 Å². The lowest BCUT2D eigenvalue weighted by atomic mass is 10.1. The second kappa shape index (κ2) is 5.66. The van der Waals surface area contributed by atoms with Crippen LogP contribution < -0.4 is 5.32 Å². The quantitative estimate of drug-likeness (QED) is 0.848. The van der Waals surface area contributed by atoms with Crippen molar-refractivity contribution in [3.05, 3.63) is 35.9 Å². The van der Waals surface area contributed by atoms with E-state index in [-0.39, 0.29) is 0 Å². The molecule has 0 spiro atoms. The van der Waals surface area contributed by atoms with Gasteiger partial charge in [-0.2, -0.15) is 18.4 Å². The van der Waals surface area contributed by atoms with Crippen molar-refractivity contribution < 1.29 is 18.3 Å². The van der Waals surface area contributed by atoms with E-state index in [2.05, 4.69) is 5.32 Å². The molecule has 0 aliphatic rings. The van der Waals surface area contributed by atoms with Crippen LogP contribution in [0.4, 0.5) is 13.2 Å². The number of aliphatic hydroxyl groups excluding tert-OH is 1. The summed E-state index contributed by atoms with van der Waals surface area (Å²) < 4.78 is 37.1. The van der Waals surface area contributed by atoms with Gasteiger partial charge in [0.25, 0.3) is 0 Å². The van der Waals surface area contributed by atoms with Crippen LogP contribution >= 0.6 is 0 Å². The number of nitriles is 1. The minimum atomic E-state index is -4.66. The normalized spacial score (nSPS) is 15.0. The van der Waals surface area contributed by atoms with Gasteiger partial charge in [0.05, 0.1) is 18.7 Å². The van der Waals surface area contributed by atoms with Gasteiger partial charge in [0.15, 0.2) is 6.04 Å². The standard InChI is InChI=1S/C11H11F3N2O/c12-11(13,14)10(6-15)16-9(7-17)8-4-2-1-3-5-8/h1-5,9-10,16-17H,7H2/t9-,10-/m0/s1. The van der Waals surface area contributed by atoms with Crippen LogP contribution in [0.2, 0.25) is 0 Å². The lowest BCUT2D eigenvalue weighted by molar-refractivity contribution is -0.145. The highest BCUT2D eigenvalue weighted by Gasteiger charge is 2.41. The fourth-order valence-electron chi connectivity index (χ4n) is 1.35. The van der Waals surface area contributed by atoms with E-state index in [1.54, 1.807) is 30.3 Å². The first-order chi connectivity index (χ1) is 7.99. The first kappa shape index (κ1) is 13.5. The lowest BCUT2D eigenvalue weighted by Crippen LogP contribution is -2.43. The highest BCUT2D eigenvalue weighted by molar-refractivity contribution is 5.19. The van der Waals surface area contributed by atoms with E-state index in [4.69, 9.17) is 10.4 Å². The molecule has 0 aliphatic heterocycles. The number of aliphatic hydroxyl groups is 1. The maximum Gasteiger partial charge on any atom is 0.417 e. The highest BCUT2D eigenvalue weighted by Crippen LogP contribution is 2.22. The Balaban J connectivity index is 2.81. The third-order valence-corrected chi connectivity index (χ3v) is 2.21. The molecule has 0 unspecified atom stereocenters. The van der Waals surface area contributed by atoms with Crippen LogP contribution in [0.1, 0.15) is 11.6 Å². The predicted molar refractivity (Wildman–Crippen MR) is 54.9 cm³/mol. The maximum absolute atomic E-state index is 12.4. The SMILES string of the molecule is N#C[C@H](N[C@@H](CO)c1ccccc1)C(F)(F)F. The minimum Gasteiger partial charge on any atom is -0.394 e. The average molecular weight is 244 g/mol. The molecule has 17 heavy (non-hydrogen) atoms. The Morgan fingerprint density at radius 1 is 1.29 bits per heavy atom. The van der Waals surface area contributed by atoms with Gasteiger partial charge >= 0.3 is 6.18 Å². The Labute approximate surface area is 96.5 Å². The highest BCUT2D eigenvalue weighted by atomic mass is 19.4. The molecule has 0 fully saturated rings. The van der Waals surface area contributed by atoms with Crippen molar-refractivity contribution in [2.24, 2.45) is 0 Å². The molecule has 2 N–H and O–H groups in total. The summed E-state index contributed by atoms with van der Waals surface area (Å²) in [7, 11) is 0. The maximum atomic E-state index is 12.4. The molecule has 0 saturated carbocycles. The molecule has 2 atom stereocenters. The second-order valence-electron chi connectivity index (χ2n) is 3.42. The molecule has 92 valence electrons. The van der Waals surface area contributed by atoms with Crippen LogP contribution in [0.15, 0.2) is 30.3 Å². The van der Waals surface area contributed by atoms with E-state index >= 15 is 0 Å². The van der Waals surface area contributed by atoms with Gasteiger partial charge in [-0.05, 0) is 5.56 Å². The number of hydrogen-bond donors (Lipinski definition) is 2. The summed E-state index contributed by atoms with van der Waals surface area (Å²) in [5.41, 5.74) is 0.500. The van der Waals surface area contributed by atoms with Crippen molar-refractivity contribution in [2.45, 2.75) is 18.3 Å². The molecule has 0 radical (unpaired) electrons. The van der Waals surface area contributed by atoms with Crippen LogP contribution in [0.25, 0.3) is 0 Å². The van der Waals surface area contributed by atoms with Crippen molar-refractivity contribution in [2.75, 3.05) is 6.61 Å². The summed E-state index contributed by atoms with van der Waals surface area (Å²) in [6.07, 6.45) is -4.66. The third kappa shape index (κ3) is 3.73. The summed E-state index contributed by atoms with van der Waals surface area (Å²) in [4.78, 5) is 0. The van der Waals surface area contributed by atoms with Gasteiger partial charge in [0.1, 0.15) is 0 Å². The first-order valence-electron chi connectivity index (χ1n) is 4.87. The van der Waals surface area contributed by atoms with E-state index in [0.29, 0.717) is 5.56 Å². The molecule has 1 aromatic carbocycles. The number of benzene rings is 1. The summed E-state index contributed by atoms with van der Waals surface area (Å²) >= 11 is 0. The fraction of sp³-hybridized carbons (Fsp3) is 0.364. The Morgan fingerprint density at radius 3 is 2.29 bits per heavy atom. The number of hydrogen-bond acceptors (Lipinski definition) is 3. The zero-order chi connectivity index (χ0) is 12.9. The van der Waals surface area contributed by atoms with Crippen molar-refractivity contribution in [3.8, 4) is 6.07 Å². The number of alkyl halides is 3. The van der Waals surface area contributed by atoms with E-state index in [9.17, 15) is 13.2 Å². The van der Waals surface area contributed by atoms with Crippen molar-refractivity contribution in [1.82, 2.24) is 5.32 Å². The average Bonchev–Trinajstić information content (AvgIpc) is 2.30. The molecule has 1 aromatic rings. The molecular formula is C11H11F3N2O. The van der Waals surface area contributed by atoms with Gasteiger partial charge in [0, 0.05) is 0 Å². The van der Waals surface area contributed by atoms with Crippen molar-refractivity contribution >= 4 is 0 Å². The number of nitrogens with one attached hydrogen (secondary N) is 1. The molecule has 0 amide bonds. The predicted octanol–water partition coefficient (Wildman–Crippen LogP) is 1.76. The van der Waals surface area contributed by atoms with E-state index < -0.39 is 24.9 Å². The topological polar surface area (TPSA) is 56.0 Å². The second-order valence-corrected chi connectivity index (χ2v) is 3.42. The van der Waals surface area contributed by atoms with Crippen LogP contribution in [-0.4, -0.2) is 23.9 Å². The van der Waals surface area contributed by atoms with Crippen molar-refractivity contribution in [3.63, 3.8) is 0 Å². The van der Waals surface area contributed by atoms with E-state index in [1.165, 1.54) is 0 Å². The Morgan fingerprint density at radius 2 is 1.88 bits per heavy atom. The zero-order valence-corrected chi connectivity index (χ0v) is 8.78. The number of nitrogens with zero attached hydrogens (tertiary/aromatic N) is 1. The van der Waals surface area contributed by atoms with Gasteiger partial charge in [0.2, 0.25) is 0 Å². The monoisotopic (exact) mass is 244 g/mol. The number of rotatable bonds is 4. The van der Waals surface area contributed by atoms with Crippen LogP contribution in [0.5, 0.6) is 0 Å². The largest absolute Gasteiger partial charge is 0.417 e. The summed E-state index contributed by atoms with van der Waals surface area (Å²) in [6.45, 7) is -0.516. The minimum absolute atomic E-state index is 0.500. The Bertz CT molecular complexity index is 386. The summed E-state index contributed by atoms with van der Waals surface area (Å²) in [5, 5.41) is 19.6. The van der Waals surface area contributed by atoms with Crippen molar-refractivity contribution in [1.29, 1.82) is 5.26 Å². The van der Waals surface area contributed by atoms with E-state index in [0.717, 1.165) is 6.07 Å². The van der Waals surface area contributed by atoms with Gasteiger partial charge in [-0.15, -0.1) is 0 Å². The first-order valence-corrected chi connectivity index (χ1v) is 4.87. The molecular weight excluding hydrogens is 233 g/mol. The lowest BCUT2D eigenvalue weighted by Gasteiger charge is -2.22. The Kier molecular flexibility index (Phi) is 4.49. The molecule has 6 heteroatoms. The summed E-state index contributed by atoms with van der Waals surface area (Å²) in [6, 6.07) is 6.09. The summed E-state index contributed by atoms with van der Waals surface area (Å²) in [5.74, 6) is 0. The Hall–Kier alpha value is -1.58. The molecule has 1 rings (SSSR count). The fourth-order valence-corrected chi connectivity index (χ4v) is 1.35. The van der Waals surface area contributed by atoms with Gasteiger partial charge in [-0.1, -0.05) is 30.3 Å². The van der Waals surface area contributed by atoms with Gasteiger partial charge in [-0.25, -0.2) is 0 Å². The molecule has 0 bridgehead atoms. The molecule has 0 aliphatic carbocycles. The molecule has 0 heterocycles.